The molecule has 0 amide bonds. The minimum Gasteiger partial charge on any atom is -0.383 e. The van der Waals surface area contributed by atoms with Gasteiger partial charge in [-0.25, -0.2) is 0 Å². The third kappa shape index (κ3) is 8.55. The van der Waals surface area contributed by atoms with E-state index in [0.717, 1.165) is 45.8 Å². The maximum Gasteiger partial charge on any atom is 0.0587 e. The molecule has 102 valence electrons. The first-order chi connectivity index (χ1) is 8.43. The van der Waals surface area contributed by atoms with Gasteiger partial charge in [0.25, 0.3) is 0 Å². The second-order valence-electron chi connectivity index (χ2n) is 4.62. The average molecular weight is 244 g/mol. The normalized spacial score (nSPS) is 20.6. The van der Waals surface area contributed by atoms with Gasteiger partial charge in [0.15, 0.2) is 0 Å². The molecule has 17 heavy (non-hydrogen) atoms. The van der Waals surface area contributed by atoms with E-state index in [2.05, 4.69) is 10.6 Å². The Balaban J connectivity index is 1.75. The smallest absolute Gasteiger partial charge is 0.0587 e. The van der Waals surface area contributed by atoms with Crippen LogP contribution in [0.1, 0.15) is 32.1 Å². The van der Waals surface area contributed by atoms with Crippen LogP contribution in [0.2, 0.25) is 0 Å². The molecule has 1 aliphatic heterocycles. The summed E-state index contributed by atoms with van der Waals surface area (Å²) in [5.41, 5.74) is 0. The van der Waals surface area contributed by atoms with E-state index in [9.17, 15) is 0 Å². The van der Waals surface area contributed by atoms with Gasteiger partial charge in [-0.2, -0.15) is 0 Å². The molecule has 0 saturated carbocycles. The predicted octanol–water partition coefficient (Wildman–Crippen LogP) is 1.16. The Morgan fingerprint density at radius 1 is 1.12 bits per heavy atom. The maximum atomic E-state index is 5.68. The lowest BCUT2D eigenvalue weighted by Gasteiger charge is -2.22. The van der Waals surface area contributed by atoms with Crippen molar-refractivity contribution < 1.29 is 9.47 Å². The van der Waals surface area contributed by atoms with Crippen molar-refractivity contribution in [2.75, 3.05) is 46.5 Å². The van der Waals surface area contributed by atoms with E-state index < -0.39 is 0 Å². The minimum atomic E-state index is 0.510. The van der Waals surface area contributed by atoms with Crippen molar-refractivity contribution in [3.8, 4) is 0 Å². The van der Waals surface area contributed by atoms with Crippen molar-refractivity contribution in [1.82, 2.24) is 10.6 Å². The van der Waals surface area contributed by atoms with Gasteiger partial charge in [0.05, 0.1) is 12.7 Å². The predicted molar refractivity (Wildman–Crippen MR) is 70.4 cm³/mol. The molecule has 1 fully saturated rings. The standard InChI is InChI=1S/C13H28N2O2/c1-16-12-10-15-8-4-7-14-9-6-13-5-2-3-11-17-13/h13-15H,2-12H2,1H3. The Hall–Kier alpha value is -0.160. The third-order valence-electron chi connectivity index (χ3n) is 3.11. The number of ether oxygens (including phenoxy) is 2. The fraction of sp³-hybridized carbons (Fsp3) is 1.00. The maximum absolute atomic E-state index is 5.68. The van der Waals surface area contributed by atoms with Crippen LogP contribution in [0, 0.1) is 0 Å². The fourth-order valence-corrected chi connectivity index (χ4v) is 2.06. The zero-order chi connectivity index (χ0) is 12.2. The summed E-state index contributed by atoms with van der Waals surface area (Å²) in [7, 11) is 1.73. The first-order valence-corrected chi connectivity index (χ1v) is 6.95. The molecule has 1 atom stereocenters. The largest absolute Gasteiger partial charge is 0.383 e. The lowest BCUT2D eigenvalue weighted by Crippen LogP contribution is -2.28. The van der Waals surface area contributed by atoms with Crippen LogP contribution in [0.4, 0.5) is 0 Å². The van der Waals surface area contributed by atoms with Crippen molar-refractivity contribution in [1.29, 1.82) is 0 Å². The Morgan fingerprint density at radius 2 is 1.94 bits per heavy atom. The van der Waals surface area contributed by atoms with Crippen LogP contribution in [-0.4, -0.2) is 52.6 Å². The van der Waals surface area contributed by atoms with E-state index in [1.807, 2.05) is 0 Å². The van der Waals surface area contributed by atoms with Crippen LogP contribution in [0.25, 0.3) is 0 Å². The second kappa shape index (κ2) is 11.0. The highest BCUT2D eigenvalue weighted by molar-refractivity contribution is 4.65. The third-order valence-corrected chi connectivity index (χ3v) is 3.11. The van der Waals surface area contributed by atoms with Crippen LogP contribution in [0.3, 0.4) is 0 Å². The zero-order valence-electron chi connectivity index (χ0n) is 11.2. The molecule has 2 N–H and O–H groups in total. The van der Waals surface area contributed by atoms with Gasteiger partial charge in [-0.3, -0.25) is 0 Å². The average Bonchev–Trinajstić information content (AvgIpc) is 2.38. The number of hydrogen-bond donors (Lipinski definition) is 2. The second-order valence-corrected chi connectivity index (χ2v) is 4.62. The van der Waals surface area contributed by atoms with E-state index in [1.54, 1.807) is 7.11 Å². The van der Waals surface area contributed by atoms with Gasteiger partial charge in [-0.15, -0.1) is 0 Å². The molecular formula is C13H28N2O2. The Bertz CT molecular complexity index is 161. The molecule has 0 spiro atoms. The molecular weight excluding hydrogens is 216 g/mol. The summed E-state index contributed by atoms with van der Waals surface area (Å²) in [5, 5.41) is 6.81. The molecule has 0 aromatic rings. The van der Waals surface area contributed by atoms with Crippen LogP contribution in [0.15, 0.2) is 0 Å². The summed E-state index contributed by atoms with van der Waals surface area (Å²) in [4.78, 5) is 0. The molecule has 0 aromatic carbocycles. The first-order valence-electron chi connectivity index (χ1n) is 6.95. The molecule has 1 saturated heterocycles. The minimum absolute atomic E-state index is 0.510. The summed E-state index contributed by atoms with van der Waals surface area (Å²) < 4.78 is 10.6. The van der Waals surface area contributed by atoms with Crippen molar-refractivity contribution in [3.05, 3.63) is 0 Å². The molecule has 0 bridgehead atoms. The molecule has 1 unspecified atom stereocenters. The van der Waals surface area contributed by atoms with Gasteiger partial charge >= 0.3 is 0 Å². The summed E-state index contributed by atoms with van der Waals surface area (Å²) in [6.07, 6.45) is 6.69. The lowest BCUT2D eigenvalue weighted by atomic mass is 10.1. The van der Waals surface area contributed by atoms with E-state index in [-0.39, 0.29) is 0 Å². The molecule has 1 heterocycles. The van der Waals surface area contributed by atoms with Crippen molar-refractivity contribution in [2.45, 2.75) is 38.2 Å². The Kier molecular flexibility index (Phi) is 9.61. The SMILES string of the molecule is COCCNCCCNCCC1CCCCO1. The summed E-state index contributed by atoms with van der Waals surface area (Å²) in [5.74, 6) is 0. The molecule has 4 heteroatoms. The lowest BCUT2D eigenvalue weighted by molar-refractivity contribution is 0.0116. The van der Waals surface area contributed by atoms with Gasteiger partial charge in [-0.1, -0.05) is 0 Å². The van der Waals surface area contributed by atoms with Crippen molar-refractivity contribution in [3.63, 3.8) is 0 Å². The van der Waals surface area contributed by atoms with E-state index in [1.165, 1.54) is 25.7 Å². The highest BCUT2D eigenvalue weighted by Crippen LogP contribution is 2.14. The highest BCUT2D eigenvalue weighted by atomic mass is 16.5. The summed E-state index contributed by atoms with van der Waals surface area (Å²) >= 11 is 0. The van der Waals surface area contributed by atoms with E-state index in [0.29, 0.717) is 6.10 Å². The fourth-order valence-electron chi connectivity index (χ4n) is 2.06. The van der Waals surface area contributed by atoms with Gasteiger partial charge < -0.3 is 20.1 Å². The van der Waals surface area contributed by atoms with Gasteiger partial charge in [0, 0.05) is 20.3 Å². The summed E-state index contributed by atoms with van der Waals surface area (Å²) in [6.45, 7) is 5.96. The highest BCUT2D eigenvalue weighted by Gasteiger charge is 2.12. The quantitative estimate of drug-likeness (QED) is 0.566. The van der Waals surface area contributed by atoms with Crippen LogP contribution in [-0.2, 0) is 9.47 Å². The Labute approximate surface area is 105 Å². The molecule has 1 rings (SSSR count). The van der Waals surface area contributed by atoms with Gasteiger partial charge in [0.2, 0.25) is 0 Å². The number of hydrogen-bond acceptors (Lipinski definition) is 4. The summed E-state index contributed by atoms with van der Waals surface area (Å²) in [6, 6.07) is 0. The molecule has 0 aliphatic carbocycles. The topological polar surface area (TPSA) is 42.5 Å². The van der Waals surface area contributed by atoms with E-state index >= 15 is 0 Å². The molecule has 0 aromatic heterocycles. The van der Waals surface area contributed by atoms with E-state index in [4.69, 9.17) is 9.47 Å². The van der Waals surface area contributed by atoms with Crippen molar-refractivity contribution >= 4 is 0 Å². The van der Waals surface area contributed by atoms with Crippen LogP contribution >= 0.6 is 0 Å². The Morgan fingerprint density at radius 3 is 2.65 bits per heavy atom. The molecule has 0 radical (unpaired) electrons. The van der Waals surface area contributed by atoms with Crippen LogP contribution < -0.4 is 10.6 Å². The molecule has 1 aliphatic rings. The first kappa shape index (κ1) is 14.9. The number of methoxy groups -OCH3 is 1. The number of rotatable bonds is 10. The molecule has 4 nitrogen and oxygen atoms in total. The van der Waals surface area contributed by atoms with Crippen LogP contribution in [0.5, 0.6) is 0 Å². The van der Waals surface area contributed by atoms with Crippen molar-refractivity contribution in [2.24, 2.45) is 0 Å². The zero-order valence-corrected chi connectivity index (χ0v) is 11.2. The van der Waals surface area contributed by atoms with Gasteiger partial charge in [-0.05, 0) is 51.7 Å². The number of nitrogens with one attached hydrogen (secondary N) is 2. The monoisotopic (exact) mass is 244 g/mol. The van der Waals surface area contributed by atoms with Gasteiger partial charge in [0.1, 0.15) is 0 Å².